The third kappa shape index (κ3) is 3.06. The minimum Gasteiger partial charge on any atom is -0.320 e. The Balaban J connectivity index is 2.19. The summed E-state index contributed by atoms with van der Waals surface area (Å²) in [5, 5.41) is 1.96. The lowest BCUT2D eigenvalue weighted by Gasteiger charge is -2.02. The van der Waals surface area contributed by atoms with Crippen LogP contribution < -0.4 is 11.3 Å². The van der Waals surface area contributed by atoms with E-state index in [1.54, 1.807) is 29.2 Å². The lowest BCUT2D eigenvalue weighted by atomic mass is 10.3. The average Bonchev–Trinajstić information content (AvgIpc) is 2.78. The topological polar surface area (TPSA) is 60.9 Å². The molecule has 18 heavy (non-hydrogen) atoms. The molecule has 2 aromatic rings. The largest absolute Gasteiger partial charge is 0.320 e. The molecule has 0 aliphatic carbocycles. The van der Waals surface area contributed by atoms with E-state index in [-0.39, 0.29) is 5.56 Å². The van der Waals surface area contributed by atoms with E-state index in [0.29, 0.717) is 13.1 Å². The fourth-order valence-corrected chi connectivity index (χ4v) is 2.30. The summed E-state index contributed by atoms with van der Waals surface area (Å²) < 4.78 is 1.58. The van der Waals surface area contributed by atoms with Gasteiger partial charge in [-0.2, -0.15) is 0 Å². The summed E-state index contributed by atoms with van der Waals surface area (Å²) in [5.74, 6) is 5.77. The number of aryl methyl sites for hydroxylation is 1. The van der Waals surface area contributed by atoms with Crippen LogP contribution in [0.3, 0.4) is 0 Å². The number of aromatic nitrogens is 2. The van der Waals surface area contributed by atoms with E-state index in [4.69, 9.17) is 5.73 Å². The fraction of sp³-hybridized carbons (Fsp3) is 0.231. The van der Waals surface area contributed by atoms with Gasteiger partial charge >= 0.3 is 0 Å². The first-order chi connectivity index (χ1) is 8.69. The zero-order valence-corrected chi connectivity index (χ0v) is 10.8. The van der Waals surface area contributed by atoms with Gasteiger partial charge in [-0.05, 0) is 13.0 Å². The highest BCUT2D eigenvalue weighted by Gasteiger charge is 2.01. The molecule has 2 heterocycles. The summed E-state index contributed by atoms with van der Waals surface area (Å²) >= 11 is 1.58. The number of hydrogen-bond donors (Lipinski definition) is 1. The number of nitrogens with two attached hydrogens (primary N) is 1. The predicted octanol–water partition coefficient (Wildman–Crippen LogP) is 0.972. The molecule has 0 amide bonds. The third-order valence-electron chi connectivity index (χ3n) is 2.33. The highest BCUT2D eigenvalue weighted by Crippen LogP contribution is 2.14. The van der Waals surface area contributed by atoms with E-state index in [0.717, 1.165) is 16.1 Å². The van der Waals surface area contributed by atoms with Crippen LogP contribution in [0.25, 0.3) is 0 Å². The molecule has 0 aliphatic heterocycles. The number of nitrogens with zero attached hydrogens (tertiary/aromatic N) is 2. The molecule has 0 spiro atoms. The minimum atomic E-state index is -0.0366. The Bertz CT molecular complexity index is 661. The Kier molecular flexibility index (Phi) is 3.92. The quantitative estimate of drug-likeness (QED) is 0.818. The maximum absolute atomic E-state index is 11.7. The van der Waals surface area contributed by atoms with Crippen molar-refractivity contribution in [1.82, 2.24) is 9.55 Å². The summed E-state index contributed by atoms with van der Waals surface area (Å²) in [6, 6.07) is 3.50. The standard InChI is InChI=1S/C13H13N3OS/c1-10-5-13(17)16(9-15-10)7-12-6-11(8-18-12)3-2-4-14/h5-6,8-9H,4,7,14H2,1H3. The van der Waals surface area contributed by atoms with Crippen molar-refractivity contribution in [2.75, 3.05) is 6.54 Å². The zero-order valence-electron chi connectivity index (χ0n) is 10.0. The normalized spacial score (nSPS) is 9.89. The van der Waals surface area contributed by atoms with E-state index in [1.165, 1.54) is 6.07 Å². The van der Waals surface area contributed by atoms with E-state index in [2.05, 4.69) is 16.8 Å². The van der Waals surface area contributed by atoms with Crippen molar-refractivity contribution in [1.29, 1.82) is 0 Å². The average molecular weight is 259 g/mol. The zero-order chi connectivity index (χ0) is 13.0. The van der Waals surface area contributed by atoms with Gasteiger partial charge in [-0.25, -0.2) is 4.98 Å². The van der Waals surface area contributed by atoms with Crippen molar-refractivity contribution in [3.63, 3.8) is 0 Å². The smallest absolute Gasteiger partial charge is 0.253 e. The van der Waals surface area contributed by atoms with Crippen LogP contribution in [-0.4, -0.2) is 16.1 Å². The molecule has 2 aromatic heterocycles. The second-order valence-corrected chi connectivity index (χ2v) is 4.80. The molecule has 0 bridgehead atoms. The van der Waals surface area contributed by atoms with Crippen molar-refractivity contribution < 1.29 is 0 Å². The molecule has 0 fully saturated rings. The summed E-state index contributed by atoms with van der Waals surface area (Å²) in [6.45, 7) is 2.69. The molecule has 0 aliphatic rings. The second-order valence-electron chi connectivity index (χ2n) is 3.80. The molecule has 92 valence electrons. The summed E-state index contributed by atoms with van der Waals surface area (Å²) in [4.78, 5) is 16.9. The van der Waals surface area contributed by atoms with Gasteiger partial charge in [0.15, 0.2) is 0 Å². The molecule has 0 saturated carbocycles. The first-order valence-electron chi connectivity index (χ1n) is 5.48. The maximum Gasteiger partial charge on any atom is 0.253 e. The van der Waals surface area contributed by atoms with E-state index >= 15 is 0 Å². The highest BCUT2D eigenvalue weighted by molar-refractivity contribution is 7.10. The van der Waals surface area contributed by atoms with Crippen LogP contribution in [-0.2, 0) is 6.54 Å². The molecule has 2 N–H and O–H groups in total. The van der Waals surface area contributed by atoms with Gasteiger partial charge in [0, 0.05) is 27.6 Å². The lowest BCUT2D eigenvalue weighted by Crippen LogP contribution is -2.20. The Morgan fingerprint density at radius 3 is 3.06 bits per heavy atom. The van der Waals surface area contributed by atoms with Crippen molar-refractivity contribution in [3.8, 4) is 11.8 Å². The highest BCUT2D eigenvalue weighted by atomic mass is 32.1. The Morgan fingerprint density at radius 1 is 1.50 bits per heavy atom. The molecule has 0 aromatic carbocycles. The lowest BCUT2D eigenvalue weighted by molar-refractivity contribution is 0.739. The molecule has 2 rings (SSSR count). The molecular weight excluding hydrogens is 246 g/mol. The van der Waals surface area contributed by atoms with Crippen LogP contribution in [0.1, 0.15) is 16.1 Å². The van der Waals surface area contributed by atoms with E-state index < -0.39 is 0 Å². The van der Waals surface area contributed by atoms with Gasteiger partial charge in [0.05, 0.1) is 19.4 Å². The van der Waals surface area contributed by atoms with Gasteiger partial charge in [-0.1, -0.05) is 11.8 Å². The van der Waals surface area contributed by atoms with Gasteiger partial charge in [-0.15, -0.1) is 11.3 Å². The van der Waals surface area contributed by atoms with Crippen molar-refractivity contribution in [3.05, 3.63) is 50.3 Å². The number of hydrogen-bond acceptors (Lipinski definition) is 4. The molecule has 0 atom stereocenters. The van der Waals surface area contributed by atoms with Gasteiger partial charge in [0.1, 0.15) is 0 Å². The molecule has 0 radical (unpaired) electrons. The van der Waals surface area contributed by atoms with Gasteiger partial charge in [-0.3, -0.25) is 9.36 Å². The third-order valence-corrected chi connectivity index (χ3v) is 3.25. The second kappa shape index (κ2) is 5.63. The number of rotatable bonds is 2. The summed E-state index contributed by atoms with van der Waals surface area (Å²) in [7, 11) is 0. The van der Waals surface area contributed by atoms with Crippen molar-refractivity contribution in [2.24, 2.45) is 5.73 Å². The molecule has 0 saturated heterocycles. The van der Waals surface area contributed by atoms with Gasteiger partial charge < -0.3 is 5.73 Å². The van der Waals surface area contributed by atoms with Crippen LogP contribution in [0.2, 0.25) is 0 Å². The molecule has 5 heteroatoms. The monoisotopic (exact) mass is 259 g/mol. The Labute approximate surface area is 109 Å². The van der Waals surface area contributed by atoms with Crippen LogP contribution in [0.15, 0.2) is 28.6 Å². The predicted molar refractivity (Wildman–Crippen MR) is 72.6 cm³/mol. The van der Waals surface area contributed by atoms with E-state index in [9.17, 15) is 4.79 Å². The van der Waals surface area contributed by atoms with Crippen LogP contribution in [0.5, 0.6) is 0 Å². The maximum atomic E-state index is 11.7. The Morgan fingerprint density at radius 2 is 2.33 bits per heavy atom. The molecular formula is C13H13N3OS. The van der Waals surface area contributed by atoms with Gasteiger partial charge in [0.2, 0.25) is 0 Å². The first-order valence-corrected chi connectivity index (χ1v) is 6.36. The van der Waals surface area contributed by atoms with Crippen LogP contribution >= 0.6 is 11.3 Å². The fourth-order valence-electron chi connectivity index (χ4n) is 1.49. The SMILES string of the molecule is Cc1cc(=O)n(Cc2cc(C#CCN)cs2)cn1. The Hall–Kier alpha value is -1.90. The molecule has 4 nitrogen and oxygen atoms in total. The summed E-state index contributed by atoms with van der Waals surface area (Å²) in [6.07, 6.45) is 1.57. The molecule has 0 unspecified atom stereocenters. The summed E-state index contributed by atoms with van der Waals surface area (Å²) in [5.41, 5.74) is 6.95. The van der Waals surface area contributed by atoms with Crippen molar-refractivity contribution >= 4 is 11.3 Å². The van der Waals surface area contributed by atoms with Gasteiger partial charge in [0.25, 0.3) is 5.56 Å². The number of thiophene rings is 1. The van der Waals surface area contributed by atoms with E-state index in [1.807, 2.05) is 11.4 Å². The minimum absolute atomic E-state index is 0.0366. The van der Waals surface area contributed by atoms with Crippen LogP contribution in [0, 0.1) is 18.8 Å². The van der Waals surface area contributed by atoms with Crippen LogP contribution in [0.4, 0.5) is 0 Å². The van der Waals surface area contributed by atoms with Crippen molar-refractivity contribution in [2.45, 2.75) is 13.5 Å². The first kappa shape index (κ1) is 12.6.